The number of aromatic hydroxyl groups is 1. The van der Waals surface area contributed by atoms with Crippen LogP contribution >= 0.6 is 0 Å². The molecule has 13 nitrogen and oxygen atoms in total. The molecule has 4 aliphatic heterocycles. The van der Waals surface area contributed by atoms with Gasteiger partial charge in [-0.05, 0) is 47.9 Å². The number of hydrogen-bond acceptors (Lipinski definition) is 13. The van der Waals surface area contributed by atoms with Crippen molar-refractivity contribution < 1.29 is 62.7 Å². The molecular formula is C30H34O13. The number of carbonyl (C=O) groups is 1. The van der Waals surface area contributed by atoms with Crippen molar-refractivity contribution in [3.63, 3.8) is 0 Å². The van der Waals surface area contributed by atoms with Crippen molar-refractivity contribution >= 4 is 6.29 Å². The van der Waals surface area contributed by atoms with Crippen LogP contribution in [0.25, 0.3) is 0 Å². The highest BCUT2D eigenvalue weighted by atomic mass is 16.8. The molecule has 13 heteroatoms. The van der Waals surface area contributed by atoms with Gasteiger partial charge in [0, 0.05) is 11.8 Å². The summed E-state index contributed by atoms with van der Waals surface area (Å²) in [6.45, 7) is 2.12. The minimum absolute atomic E-state index is 0.0266. The summed E-state index contributed by atoms with van der Waals surface area (Å²) in [5.41, 5.74) is 0.863. The summed E-state index contributed by atoms with van der Waals surface area (Å²) in [6, 6.07) is 6.97. The topological polar surface area (TPSA) is 161 Å². The molecule has 1 unspecified atom stereocenters. The van der Waals surface area contributed by atoms with Gasteiger partial charge in [0.25, 0.3) is 0 Å². The Morgan fingerprint density at radius 1 is 0.953 bits per heavy atom. The number of rotatable bonds is 6. The number of phenolic OH excluding ortho intramolecular Hbond substituents is 1. The van der Waals surface area contributed by atoms with Gasteiger partial charge in [0.2, 0.25) is 12.5 Å². The van der Waals surface area contributed by atoms with Crippen LogP contribution in [0.15, 0.2) is 24.3 Å². The number of carbonyl (C=O) groups excluding carboxylic acids is 1. The van der Waals surface area contributed by atoms with E-state index in [1.165, 1.54) is 14.2 Å². The quantitative estimate of drug-likeness (QED) is 0.407. The molecule has 7 rings (SSSR count). The highest BCUT2D eigenvalue weighted by Crippen LogP contribution is 2.61. The molecule has 3 saturated heterocycles. The van der Waals surface area contributed by atoms with Gasteiger partial charge in [-0.3, -0.25) is 0 Å². The van der Waals surface area contributed by atoms with Gasteiger partial charge >= 0.3 is 0 Å². The molecule has 3 fully saturated rings. The summed E-state index contributed by atoms with van der Waals surface area (Å²) >= 11 is 0. The van der Waals surface area contributed by atoms with Crippen LogP contribution in [0.1, 0.15) is 35.6 Å². The van der Waals surface area contributed by atoms with Gasteiger partial charge in [0.15, 0.2) is 35.6 Å². The number of aldehydes is 1. The molecule has 0 saturated carbocycles. The van der Waals surface area contributed by atoms with Crippen molar-refractivity contribution in [2.45, 2.75) is 55.9 Å². The maximum Gasteiger partial charge on any atom is 0.231 e. The van der Waals surface area contributed by atoms with Crippen molar-refractivity contribution in [3.05, 3.63) is 41.0 Å². The van der Waals surface area contributed by atoms with Crippen molar-refractivity contribution in [2.24, 2.45) is 11.3 Å². The number of phenols is 1. The summed E-state index contributed by atoms with van der Waals surface area (Å²) in [6.07, 6.45) is -5.97. The standard InChI is InChI=1S/C30H34O13/c1-13-38-9-22-28(41-13)25(33)26(34)29(42-22)43-27-16-7-19-18(39-12-40-19)6-15(16)23(30(10-31)11-37-8-17(27)30)14-4-20(35-2)24(32)21(5-14)36-3/h4-7,10,13,17,22-23,25-29,32-34H,8-9,11-12H2,1-3H3/t13-,17-,22-,23-,25-,26-,27-,28-,29+,30?/m1/s1. The SMILES string of the molecule is COc1cc([C@@H]2c3cc4c(cc3[C@@H](O[C@@H]3O[C@@H]5CO[C@@H](C)O[C@H]5[C@H](O)[C@H]3O)[C@H]3COCC23C=O)OCO4)cc(OC)c1O. The molecule has 0 bridgehead atoms. The van der Waals surface area contributed by atoms with Crippen molar-refractivity contribution in [1.82, 2.24) is 0 Å². The third-order valence-corrected chi connectivity index (χ3v) is 9.26. The van der Waals surface area contributed by atoms with Gasteiger partial charge in [0.05, 0.1) is 45.6 Å². The molecular weight excluding hydrogens is 568 g/mol. The molecule has 10 atom stereocenters. The van der Waals surface area contributed by atoms with E-state index in [-0.39, 0.29) is 43.9 Å². The van der Waals surface area contributed by atoms with E-state index in [0.29, 0.717) is 28.2 Å². The maximum absolute atomic E-state index is 13.3. The van der Waals surface area contributed by atoms with Crippen LogP contribution in [0.3, 0.4) is 0 Å². The summed E-state index contributed by atoms with van der Waals surface area (Å²) in [7, 11) is 2.87. The predicted octanol–water partition coefficient (Wildman–Crippen LogP) is 1.38. The molecule has 0 spiro atoms. The number of fused-ring (bicyclic) bond motifs is 4. The Hall–Kier alpha value is -3.17. The van der Waals surface area contributed by atoms with Crippen LogP contribution < -0.4 is 18.9 Å². The molecule has 1 aliphatic carbocycles. The molecule has 0 amide bonds. The van der Waals surface area contributed by atoms with E-state index in [4.69, 9.17) is 42.6 Å². The lowest BCUT2D eigenvalue weighted by molar-refractivity contribution is -0.365. The van der Waals surface area contributed by atoms with E-state index in [2.05, 4.69) is 0 Å². The van der Waals surface area contributed by atoms with E-state index < -0.39 is 60.4 Å². The molecule has 4 heterocycles. The van der Waals surface area contributed by atoms with Crippen LogP contribution in [0, 0.1) is 11.3 Å². The first-order valence-corrected chi connectivity index (χ1v) is 14.2. The zero-order valence-corrected chi connectivity index (χ0v) is 23.8. The minimum atomic E-state index is -1.44. The highest BCUT2D eigenvalue weighted by molar-refractivity contribution is 5.70. The lowest BCUT2D eigenvalue weighted by Gasteiger charge is -2.49. The summed E-state index contributed by atoms with van der Waals surface area (Å²) in [5, 5.41) is 32.7. The van der Waals surface area contributed by atoms with Crippen molar-refractivity contribution in [3.8, 4) is 28.7 Å². The zero-order chi connectivity index (χ0) is 30.0. The molecule has 0 aromatic heterocycles. The summed E-state index contributed by atoms with van der Waals surface area (Å²) in [4.78, 5) is 13.3. The normalized spacial score (nSPS) is 37.7. The molecule has 2 aromatic rings. The lowest BCUT2D eigenvalue weighted by atomic mass is 9.57. The fraction of sp³-hybridized carbons (Fsp3) is 0.567. The van der Waals surface area contributed by atoms with Crippen LogP contribution in [0.5, 0.6) is 28.7 Å². The first-order chi connectivity index (χ1) is 20.8. The fourth-order valence-electron chi connectivity index (χ4n) is 7.15. The Bertz CT molecular complexity index is 1370. The van der Waals surface area contributed by atoms with Crippen molar-refractivity contribution in [1.29, 1.82) is 0 Å². The first-order valence-electron chi connectivity index (χ1n) is 14.2. The fourth-order valence-corrected chi connectivity index (χ4v) is 7.15. The first kappa shape index (κ1) is 28.6. The van der Waals surface area contributed by atoms with E-state index in [9.17, 15) is 20.1 Å². The van der Waals surface area contributed by atoms with Gasteiger partial charge in [-0.15, -0.1) is 0 Å². The molecule has 232 valence electrons. The van der Waals surface area contributed by atoms with Gasteiger partial charge < -0.3 is 62.7 Å². The van der Waals surface area contributed by atoms with E-state index in [1.54, 1.807) is 25.1 Å². The monoisotopic (exact) mass is 602 g/mol. The number of aliphatic hydroxyl groups excluding tert-OH is 2. The van der Waals surface area contributed by atoms with Crippen LogP contribution in [-0.4, -0.2) is 99.4 Å². The third-order valence-electron chi connectivity index (χ3n) is 9.26. The molecule has 5 aliphatic rings. The third kappa shape index (κ3) is 4.37. The van der Waals surface area contributed by atoms with Crippen LogP contribution in [0.2, 0.25) is 0 Å². The van der Waals surface area contributed by atoms with Crippen molar-refractivity contribution in [2.75, 3.05) is 40.8 Å². The van der Waals surface area contributed by atoms with E-state index in [1.807, 2.05) is 6.07 Å². The van der Waals surface area contributed by atoms with E-state index >= 15 is 0 Å². The second-order valence-corrected chi connectivity index (χ2v) is 11.5. The number of ether oxygens (including phenoxy) is 9. The summed E-state index contributed by atoms with van der Waals surface area (Å²) < 4.78 is 52.2. The van der Waals surface area contributed by atoms with Gasteiger partial charge in [0.1, 0.15) is 30.7 Å². The summed E-state index contributed by atoms with van der Waals surface area (Å²) in [5.74, 6) is 0.0491. The average Bonchev–Trinajstić information content (AvgIpc) is 3.66. The number of aliphatic hydroxyl groups is 2. The Morgan fingerprint density at radius 3 is 2.33 bits per heavy atom. The average molecular weight is 603 g/mol. The van der Waals surface area contributed by atoms with Crippen LogP contribution in [0.4, 0.5) is 0 Å². The number of benzene rings is 2. The Balaban J connectivity index is 1.35. The second-order valence-electron chi connectivity index (χ2n) is 11.5. The zero-order valence-electron chi connectivity index (χ0n) is 23.8. The maximum atomic E-state index is 13.3. The Kier molecular flexibility index (Phi) is 7.16. The predicted molar refractivity (Wildman–Crippen MR) is 143 cm³/mol. The lowest BCUT2D eigenvalue weighted by Crippen LogP contribution is -2.63. The van der Waals surface area contributed by atoms with Gasteiger partial charge in [-0.2, -0.15) is 0 Å². The number of hydrogen-bond donors (Lipinski definition) is 3. The van der Waals surface area contributed by atoms with E-state index in [0.717, 1.165) is 6.29 Å². The highest BCUT2D eigenvalue weighted by Gasteiger charge is 2.60. The van der Waals surface area contributed by atoms with Crippen LogP contribution in [-0.2, 0) is 28.5 Å². The van der Waals surface area contributed by atoms with Gasteiger partial charge in [-0.25, -0.2) is 0 Å². The smallest absolute Gasteiger partial charge is 0.231 e. The Morgan fingerprint density at radius 2 is 1.65 bits per heavy atom. The molecule has 3 N–H and O–H groups in total. The largest absolute Gasteiger partial charge is 0.502 e. The molecule has 43 heavy (non-hydrogen) atoms. The van der Waals surface area contributed by atoms with Gasteiger partial charge in [-0.1, -0.05) is 0 Å². The molecule has 0 radical (unpaired) electrons. The minimum Gasteiger partial charge on any atom is -0.502 e. The number of methoxy groups -OCH3 is 2. The Labute approximate surface area is 247 Å². The molecule has 2 aromatic carbocycles. The second kappa shape index (κ2) is 10.8.